The average molecular weight is 396 g/mol. The third-order valence-electron chi connectivity index (χ3n) is 5.14. The summed E-state index contributed by atoms with van der Waals surface area (Å²) in [5.74, 6) is 0.644. The van der Waals surface area contributed by atoms with Gasteiger partial charge < -0.3 is 19.4 Å². The Morgan fingerprint density at radius 3 is 2.28 bits per heavy atom. The van der Waals surface area contributed by atoms with E-state index in [1.807, 2.05) is 54.3 Å². The number of hydrogen-bond acceptors (Lipinski definition) is 4. The normalized spacial score (nSPS) is 13.9. The Labute approximate surface area is 172 Å². The summed E-state index contributed by atoms with van der Waals surface area (Å²) in [7, 11) is 0. The van der Waals surface area contributed by atoms with Crippen molar-refractivity contribution in [3.63, 3.8) is 0 Å². The molecule has 0 unspecified atom stereocenters. The van der Waals surface area contributed by atoms with Crippen LogP contribution in [-0.4, -0.2) is 56.0 Å². The van der Waals surface area contributed by atoms with Crippen molar-refractivity contribution in [1.29, 1.82) is 0 Å². The third-order valence-corrected chi connectivity index (χ3v) is 5.14. The Kier molecular flexibility index (Phi) is 7.11. The van der Waals surface area contributed by atoms with Crippen LogP contribution in [-0.2, 0) is 9.59 Å². The molecule has 0 saturated carbocycles. The second-order valence-corrected chi connectivity index (χ2v) is 7.02. The Morgan fingerprint density at radius 2 is 1.62 bits per heavy atom. The molecule has 0 spiro atoms. The van der Waals surface area contributed by atoms with Gasteiger partial charge in [0.25, 0.3) is 0 Å². The van der Waals surface area contributed by atoms with Gasteiger partial charge in [0.15, 0.2) is 0 Å². The maximum Gasteiger partial charge on any atom is 0.224 e. The quantitative estimate of drug-likeness (QED) is 0.723. The molecule has 154 valence electrons. The highest BCUT2D eigenvalue weighted by Crippen LogP contribution is 2.28. The van der Waals surface area contributed by atoms with Crippen LogP contribution < -0.4 is 14.5 Å². The van der Waals surface area contributed by atoms with Crippen LogP contribution in [0.4, 0.5) is 11.4 Å². The average Bonchev–Trinajstić information content (AvgIpc) is 2.75. The molecular weight excluding hydrogens is 366 g/mol. The molecule has 2 aromatic rings. The summed E-state index contributed by atoms with van der Waals surface area (Å²) in [6, 6.07) is 17.7. The van der Waals surface area contributed by atoms with Gasteiger partial charge >= 0.3 is 0 Å². The number of anilines is 2. The number of benzene rings is 2. The molecule has 1 saturated heterocycles. The van der Waals surface area contributed by atoms with Gasteiger partial charge in [-0.3, -0.25) is 9.59 Å². The monoisotopic (exact) mass is 395 g/mol. The van der Waals surface area contributed by atoms with Crippen molar-refractivity contribution in [2.75, 3.05) is 49.1 Å². The van der Waals surface area contributed by atoms with Crippen molar-refractivity contribution in [2.24, 2.45) is 0 Å². The maximum atomic E-state index is 12.7. The molecule has 6 nitrogen and oxygen atoms in total. The predicted molar refractivity (Wildman–Crippen MR) is 115 cm³/mol. The van der Waals surface area contributed by atoms with E-state index in [0.717, 1.165) is 13.1 Å². The first kappa shape index (κ1) is 20.7. The zero-order valence-electron chi connectivity index (χ0n) is 17.2. The highest BCUT2D eigenvalue weighted by atomic mass is 16.5. The summed E-state index contributed by atoms with van der Waals surface area (Å²) in [5, 5.41) is 0. The lowest BCUT2D eigenvalue weighted by molar-refractivity contribution is -0.131. The molecule has 1 heterocycles. The van der Waals surface area contributed by atoms with Crippen LogP contribution in [0.3, 0.4) is 0 Å². The number of hydrogen-bond donors (Lipinski definition) is 0. The molecule has 0 bridgehead atoms. The van der Waals surface area contributed by atoms with Gasteiger partial charge in [-0.2, -0.15) is 0 Å². The minimum absolute atomic E-state index is 0.0813. The SMILES string of the molecule is CCOc1ccccc1N(CCC(=O)N1CCN(c2ccccc2)CC1)C(C)=O. The van der Waals surface area contributed by atoms with E-state index in [9.17, 15) is 9.59 Å². The highest BCUT2D eigenvalue weighted by molar-refractivity contribution is 5.94. The van der Waals surface area contributed by atoms with Crippen LogP contribution >= 0.6 is 0 Å². The van der Waals surface area contributed by atoms with Crippen LogP contribution in [0.5, 0.6) is 5.75 Å². The minimum Gasteiger partial charge on any atom is -0.492 e. The summed E-state index contributed by atoms with van der Waals surface area (Å²) < 4.78 is 5.65. The fraction of sp³-hybridized carbons (Fsp3) is 0.391. The number of rotatable bonds is 7. The zero-order chi connectivity index (χ0) is 20.6. The smallest absolute Gasteiger partial charge is 0.224 e. The Morgan fingerprint density at radius 1 is 0.966 bits per heavy atom. The van der Waals surface area contributed by atoms with Crippen molar-refractivity contribution in [3.05, 3.63) is 54.6 Å². The van der Waals surface area contributed by atoms with Crippen LogP contribution in [0.1, 0.15) is 20.3 Å². The van der Waals surface area contributed by atoms with E-state index in [-0.39, 0.29) is 11.8 Å². The largest absolute Gasteiger partial charge is 0.492 e. The first-order valence-electron chi connectivity index (χ1n) is 10.2. The van der Waals surface area contributed by atoms with E-state index < -0.39 is 0 Å². The fourth-order valence-electron chi connectivity index (χ4n) is 3.62. The van der Waals surface area contributed by atoms with Gasteiger partial charge in [0, 0.05) is 51.8 Å². The summed E-state index contributed by atoms with van der Waals surface area (Å²) in [4.78, 5) is 30.8. The Balaban J connectivity index is 1.57. The molecule has 0 N–H and O–H groups in total. The number of para-hydroxylation sites is 3. The lowest BCUT2D eigenvalue weighted by Gasteiger charge is -2.36. The lowest BCUT2D eigenvalue weighted by atomic mass is 10.2. The molecule has 2 amide bonds. The molecule has 1 aliphatic rings. The van der Waals surface area contributed by atoms with E-state index in [1.54, 1.807) is 4.90 Å². The molecule has 3 rings (SSSR count). The molecule has 0 radical (unpaired) electrons. The Bertz CT molecular complexity index is 817. The van der Waals surface area contributed by atoms with Crippen molar-refractivity contribution in [1.82, 2.24) is 4.90 Å². The molecule has 29 heavy (non-hydrogen) atoms. The highest BCUT2D eigenvalue weighted by Gasteiger charge is 2.23. The fourth-order valence-corrected chi connectivity index (χ4v) is 3.62. The summed E-state index contributed by atoms with van der Waals surface area (Å²) >= 11 is 0. The van der Waals surface area contributed by atoms with E-state index in [0.29, 0.717) is 44.1 Å². The van der Waals surface area contributed by atoms with Gasteiger partial charge in [0.1, 0.15) is 5.75 Å². The van der Waals surface area contributed by atoms with E-state index in [2.05, 4.69) is 17.0 Å². The molecule has 0 aromatic heterocycles. The van der Waals surface area contributed by atoms with Crippen LogP contribution in [0, 0.1) is 0 Å². The molecular formula is C23H29N3O3. The number of carbonyl (C=O) groups is 2. The van der Waals surface area contributed by atoms with Crippen molar-refractivity contribution in [3.8, 4) is 5.75 Å². The van der Waals surface area contributed by atoms with Gasteiger partial charge in [-0.05, 0) is 31.2 Å². The Hall–Kier alpha value is -3.02. The van der Waals surface area contributed by atoms with Crippen LogP contribution in [0.2, 0.25) is 0 Å². The number of ether oxygens (including phenoxy) is 1. The van der Waals surface area contributed by atoms with Crippen molar-refractivity contribution < 1.29 is 14.3 Å². The standard InChI is InChI=1S/C23H29N3O3/c1-3-29-22-12-8-7-11-21(22)26(19(2)27)14-13-23(28)25-17-15-24(16-18-25)20-9-5-4-6-10-20/h4-12H,3,13-18H2,1-2H3. The zero-order valence-corrected chi connectivity index (χ0v) is 17.2. The summed E-state index contributed by atoms with van der Waals surface area (Å²) in [5.41, 5.74) is 1.90. The first-order chi connectivity index (χ1) is 14.1. The van der Waals surface area contributed by atoms with Crippen molar-refractivity contribution in [2.45, 2.75) is 20.3 Å². The second-order valence-electron chi connectivity index (χ2n) is 7.02. The van der Waals surface area contributed by atoms with Gasteiger partial charge in [0.2, 0.25) is 11.8 Å². The van der Waals surface area contributed by atoms with Gasteiger partial charge in [0.05, 0.1) is 12.3 Å². The number of carbonyl (C=O) groups excluding carboxylic acids is 2. The molecule has 6 heteroatoms. The molecule has 2 aromatic carbocycles. The predicted octanol–water partition coefficient (Wildman–Crippen LogP) is 3.18. The van der Waals surface area contributed by atoms with E-state index >= 15 is 0 Å². The second kappa shape index (κ2) is 9.96. The maximum absolute atomic E-state index is 12.7. The lowest BCUT2D eigenvalue weighted by Crippen LogP contribution is -2.49. The molecule has 1 fully saturated rings. The van der Waals surface area contributed by atoms with Crippen LogP contribution in [0.25, 0.3) is 0 Å². The van der Waals surface area contributed by atoms with Gasteiger partial charge in [-0.25, -0.2) is 0 Å². The first-order valence-corrected chi connectivity index (χ1v) is 10.2. The minimum atomic E-state index is -0.0983. The van der Waals surface area contributed by atoms with Crippen molar-refractivity contribution >= 4 is 23.2 Å². The topological polar surface area (TPSA) is 53.1 Å². The molecule has 1 aliphatic heterocycles. The number of amides is 2. The van der Waals surface area contributed by atoms with Gasteiger partial charge in [-0.15, -0.1) is 0 Å². The van der Waals surface area contributed by atoms with Crippen LogP contribution in [0.15, 0.2) is 54.6 Å². The van der Waals surface area contributed by atoms with E-state index in [4.69, 9.17) is 4.74 Å². The number of piperazine rings is 1. The number of nitrogens with zero attached hydrogens (tertiary/aromatic N) is 3. The summed E-state index contributed by atoms with van der Waals surface area (Å²) in [6.07, 6.45) is 0.297. The molecule has 0 aliphatic carbocycles. The molecule has 0 atom stereocenters. The summed E-state index contributed by atoms with van der Waals surface area (Å²) in [6.45, 7) is 7.33. The van der Waals surface area contributed by atoms with E-state index in [1.165, 1.54) is 12.6 Å². The van der Waals surface area contributed by atoms with Gasteiger partial charge in [-0.1, -0.05) is 30.3 Å². The third kappa shape index (κ3) is 5.28.